The summed E-state index contributed by atoms with van der Waals surface area (Å²) in [5.74, 6) is 1.13. The zero-order valence-corrected chi connectivity index (χ0v) is 12.1. The molecule has 0 radical (unpaired) electrons. The fourth-order valence-corrected chi connectivity index (χ4v) is 2.20. The standard InChI is InChI=1S/C13H12BrClN2O/c1-16-8-9-4-5-17-13(6-9)18-12-3-2-10(14)7-11(12)15/h2-7,16H,8H2,1H3. The number of pyridine rings is 1. The van der Waals surface area contributed by atoms with Crippen LogP contribution in [-0.4, -0.2) is 12.0 Å². The van der Waals surface area contributed by atoms with Crippen molar-refractivity contribution in [1.82, 2.24) is 10.3 Å². The van der Waals surface area contributed by atoms with Gasteiger partial charge in [-0.1, -0.05) is 27.5 Å². The summed E-state index contributed by atoms with van der Waals surface area (Å²) >= 11 is 9.44. The van der Waals surface area contributed by atoms with Gasteiger partial charge in [0.1, 0.15) is 5.75 Å². The van der Waals surface area contributed by atoms with E-state index in [9.17, 15) is 0 Å². The third-order valence-corrected chi connectivity index (χ3v) is 3.08. The number of benzene rings is 1. The quantitative estimate of drug-likeness (QED) is 0.921. The molecule has 0 atom stereocenters. The van der Waals surface area contributed by atoms with E-state index in [1.54, 1.807) is 18.3 Å². The van der Waals surface area contributed by atoms with Crippen molar-refractivity contribution in [3.05, 3.63) is 51.6 Å². The largest absolute Gasteiger partial charge is 0.437 e. The summed E-state index contributed by atoms with van der Waals surface area (Å²) in [6.45, 7) is 0.771. The van der Waals surface area contributed by atoms with Crippen molar-refractivity contribution in [3.63, 3.8) is 0 Å². The summed E-state index contributed by atoms with van der Waals surface area (Å²) in [5, 5.41) is 3.62. The maximum absolute atomic E-state index is 6.09. The highest BCUT2D eigenvalue weighted by molar-refractivity contribution is 9.10. The first kappa shape index (κ1) is 13.3. The van der Waals surface area contributed by atoms with Crippen molar-refractivity contribution in [2.75, 3.05) is 7.05 Å². The Kier molecular flexibility index (Phi) is 4.58. The second kappa shape index (κ2) is 6.18. The average Bonchev–Trinajstić information content (AvgIpc) is 2.34. The van der Waals surface area contributed by atoms with Crippen LogP contribution in [-0.2, 0) is 6.54 Å². The Morgan fingerprint density at radius 2 is 2.17 bits per heavy atom. The van der Waals surface area contributed by atoms with E-state index in [1.165, 1.54) is 0 Å². The molecule has 18 heavy (non-hydrogen) atoms. The maximum atomic E-state index is 6.09. The highest BCUT2D eigenvalue weighted by Gasteiger charge is 2.05. The highest BCUT2D eigenvalue weighted by Crippen LogP contribution is 2.31. The molecule has 0 saturated carbocycles. The van der Waals surface area contributed by atoms with Gasteiger partial charge < -0.3 is 10.1 Å². The van der Waals surface area contributed by atoms with E-state index in [1.807, 2.05) is 25.2 Å². The number of nitrogens with one attached hydrogen (secondary N) is 1. The molecule has 1 aromatic heterocycles. The van der Waals surface area contributed by atoms with Crippen LogP contribution in [0.15, 0.2) is 41.0 Å². The maximum Gasteiger partial charge on any atom is 0.219 e. The number of aromatic nitrogens is 1. The molecule has 0 aliphatic carbocycles. The van der Waals surface area contributed by atoms with Gasteiger partial charge in [0.15, 0.2) is 0 Å². The van der Waals surface area contributed by atoms with Gasteiger partial charge >= 0.3 is 0 Å². The Labute approximate surface area is 119 Å². The molecule has 1 heterocycles. The lowest BCUT2D eigenvalue weighted by atomic mass is 10.2. The first-order chi connectivity index (χ1) is 8.69. The van der Waals surface area contributed by atoms with E-state index in [0.717, 1.165) is 16.6 Å². The van der Waals surface area contributed by atoms with E-state index < -0.39 is 0 Å². The van der Waals surface area contributed by atoms with Crippen LogP contribution in [0.2, 0.25) is 5.02 Å². The molecule has 5 heteroatoms. The molecule has 0 aliphatic heterocycles. The normalized spacial score (nSPS) is 10.4. The van der Waals surface area contributed by atoms with Crippen LogP contribution in [0.1, 0.15) is 5.56 Å². The molecule has 0 spiro atoms. The zero-order valence-electron chi connectivity index (χ0n) is 9.78. The smallest absolute Gasteiger partial charge is 0.219 e. The molecule has 0 aliphatic rings. The van der Waals surface area contributed by atoms with Crippen LogP contribution in [0, 0.1) is 0 Å². The van der Waals surface area contributed by atoms with Gasteiger partial charge in [-0.15, -0.1) is 0 Å². The monoisotopic (exact) mass is 326 g/mol. The number of ether oxygens (including phenoxy) is 1. The Morgan fingerprint density at radius 1 is 1.33 bits per heavy atom. The van der Waals surface area contributed by atoms with Crippen LogP contribution < -0.4 is 10.1 Å². The summed E-state index contributed by atoms with van der Waals surface area (Å²) in [6, 6.07) is 9.28. The van der Waals surface area contributed by atoms with Gasteiger partial charge in [-0.2, -0.15) is 0 Å². The average molecular weight is 328 g/mol. The van der Waals surface area contributed by atoms with Crippen molar-refractivity contribution < 1.29 is 4.74 Å². The SMILES string of the molecule is CNCc1ccnc(Oc2ccc(Br)cc2Cl)c1. The summed E-state index contributed by atoms with van der Waals surface area (Å²) < 4.78 is 6.57. The van der Waals surface area contributed by atoms with E-state index in [2.05, 4.69) is 26.2 Å². The first-order valence-corrected chi connectivity index (χ1v) is 6.58. The number of hydrogen-bond acceptors (Lipinski definition) is 3. The van der Waals surface area contributed by atoms with Gasteiger partial charge in [-0.25, -0.2) is 4.98 Å². The molecule has 0 saturated heterocycles. The van der Waals surface area contributed by atoms with Crippen molar-refractivity contribution in [2.24, 2.45) is 0 Å². The van der Waals surface area contributed by atoms with E-state index in [-0.39, 0.29) is 0 Å². The fourth-order valence-electron chi connectivity index (χ4n) is 1.49. The fraction of sp³-hybridized carbons (Fsp3) is 0.154. The number of nitrogens with zero attached hydrogens (tertiary/aromatic N) is 1. The molecule has 0 amide bonds. The lowest BCUT2D eigenvalue weighted by Crippen LogP contribution is -2.05. The Bertz CT molecular complexity index is 548. The number of hydrogen-bond donors (Lipinski definition) is 1. The van der Waals surface area contributed by atoms with E-state index in [0.29, 0.717) is 16.7 Å². The third kappa shape index (κ3) is 3.45. The molecule has 1 aromatic carbocycles. The Morgan fingerprint density at radius 3 is 2.89 bits per heavy atom. The second-order valence-electron chi connectivity index (χ2n) is 3.71. The number of halogens is 2. The van der Waals surface area contributed by atoms with Crippen molar-refractivity contribution in [3.8, 4) is 11.6 Å². The van der Waals surface area contributed by atoms with Gasteiger partial charge in [0.05, 0.1) is 5.02 Å². The lowest BCUT2D eigenvalue weighted by molar-refractivity contribution is 0.462. The predicted octanol–water partition coefficient (Wildman–Crippen LogP) is 4.01. The van der Waals surface area contributed by atoms with Gasteiger partial charge in [0.2, 0.25) is 5.88 Å². The number of rotatable bonds is 4. The predicted molar refractivity (Wildman–Crippen MR) is 76.2 cm³/mol. The second-order valence-corrected chi connectivity index (χ2v) is 5.03. The Hall–Kier alpha value is -1.10. The summed E-state index contributed by atoms with van der Waals surface area (Å²) in [4.78, 5) is 4.16. The minimum atomic E-state index is 0.534. The van der Waals surface area contributed by atoms with Gasteiger partial charge in [0, 0.05) is 23.3 Å². The molecule has 0 unspecified atom stereocenters. The molecule has 3 nitrogen and oxygen atoms in total. The minimum absolute atomic E-state index is 0.534. The third-order valence-electron chi connectivity index (χ3n) is 2.29. The molecule has 94 valence electrons. The molecular weight excluding hydrogens is 316 g/mol. The Balaban J connectivity index is 2.20. The van der Waals surface area contributed by atoms with Crippen LogP contribution in [0.5, 0.6) is 11.6 Å². The molecule has 0 bridgehead atoms. The van der Waals surface area contributed by atoms with Gasteiger partial charge in [-0.05, 0) is 36.9 Å². The molecular formula is C13H12BrClN2O. The topological polar surface area (TPSA) is 34.2 Å². The summed E-state index contributed by atoms with van der Waals surface area (Å²) in [5.41, 5.74) is 1.11. The lowest BCUT2D eigenvalue weighted by Gasteiger charge is -2.08. The summed E-state index contributed by atoms with van der Waals surface area (Å²) in [6.07, 6.45) is 1.72. The highest BCUT2D eigenvalue weighted by atomic mass is 79.9. The van der Waals surface area contributed by atoms with Crippen molar-refractivity contribution in [1.29, 1.82) is 0 Å². The van der Waals surface area contributed by atoms with E-state index >= 15 is 0 Å². The van der Waals surface area contributed by atoms with Crippen LogP contribution in [0.4, 0.5) is 0 Å². The van der Waals surface area contributed by atoms with Crippen LogP contribution in [0.3, 0.4) is 0 Å². The summed E-state index contributed by atoms with van der Waals surface area (Å²) in [7, 11) is 1.90. The van der Waals surface area contributed by atoms with Gasteiger partial charge in [0.25, 0.3) is 0 Å². The zero-order chi connectivity index (χ0) is 13.0. The molecule has 1 N–H and O–H groups in total. The molecule has 0 fully saturated rings. The first-order valence-electron chi connectivity index (χ1n) is 5.41. The van der Waals surface area contributed by atoms with Crippen LogP contribution >= 0.6 is 27.5 Å². The van der Waals surface area contributed by atoms with Crippen molar-refractivity contribution >= 4 is 27.5 Å². The van der Waals surface area contributed by atoms with Crippen LogP contribution in [0.25, 0.3) is 0 Å². The molecule has 2 rings (SSSR count). The molecule has 2 aromatic rings. The van der Waals surface area contributed by atoms with Crippen molar-refractivity contribution in [2.45, 2.75) is 6.54 Å². The minimum Gasteiger partial charge on any atom is -0.437 e. The van der Waals surface area contributed by atoms with Gasteiger partial charge in [-0.3, -0.25) is 0 Å². The van der Waals surface area contributed by atoms with E-state index in [4.69, 9.17) is 16.3 Å².